The van der Waals surface area contributed by atoms with Gasteiger partial charge >= 0.3 is 5.97 Å². The van der Waals surface area contributed by atoms with Gasteiger partial charge in [0, 0.05) is 12.2 Å². The summed E-state index contributed by atoms with van der Waals surface area (Å²) >= 11 is 0. The largest absolute Gasteiger partial charge is 0.481 e. The lowest BCUT2D eigenvalue weighted by atomic mass is 10.1. The van der Waals surface area contributed by atoms with Crippen molar-refractivity contribution in [1.82, 2.24) is 0 Å². The second kappa shape index (κ2) is 7.77. The van der Waals surface area contributed by atoms with Crippen molar-refractivity contribution >= 4 is 11.7 Å². The standard InChI is InChI=1S/C24H23NO3/c1-16-5-11-20(12-6-16)28-21-4-2-3-17(13-21)15-25-19-9-7-18(8-10-19)22-14-23(22)24(26)27/h2-13,22-23,25H,14-15H2,1H3,(H,26,27)/t22?,23-/m0/s1. The van der Waals surface area contributed by atoms with E-state index in [4.69, 9.17) is 9.84 Å². The van der Waals surface area contributed by atoms with E-state index in [1.807, 2.05) is 66.7 Å². The third-order valence-corrected chi connectivity index (χ3v) is 5.10. The van der Waals surface area contributed by atoms with Crippen LogP contribution < -0.4 is 10.1 Å². The van der Waals surface area contributed by atoms with Gasteiger partial charge in [-0.2, -0.15) is 0 Å². The molecule has 1 unspecified atom stereocenters. The Balaban J connectivity index is 1.34. The average Bonchev–Trinajstić information content (AvgIpc) is 3.50. The third-order valence-electron chi connectivity index (χ3n) is 5.10. The Labute approximate surface area is 164 Å². The molecule has 0 aromatic heterocycles. The second-order valence-corrected chi connectivity index (χ2v) is 7.33. The predicted molar refractivity (Wildman–Crippen MR) is 110 cm³/mol. The molecule has 0 aliphatic heterocycles. The van der Waals surface area contributed by atoms with Crippen LogP contribution in [0.1, 0.15) is 29.0 Å². The summed E-state index contributed by atoms with van der Waals surface area (Å²) in [5, 5.41) is 12.5. The van der Waals surface area contributed by atoms with Gasteiger partial charge in [0.15, 0.2) is 0 Å². The highest BCUT2D eigenvalue weighted by Gasteiger charge is 2.43. The third kappa shape index (κ3) is 4.34. The van der Waals surface area contributed by atoms with Gasteiger partial charge in [-0.05, 0) is 66.8 Å². The molecule has 1 saturated carbocycles. The molecular formula is C24H23NO3. The van der Waals surface area contributed by atoms with Crippen LogP contribution in [0.3, 0.4) is 0 Å². The highest BCUT2D eigenvalue weighted by atomic mass is 16.5. The Morgan fingerprint density at radius 2 is 1.79 bits per heavy atom. The molecule has 1 fully saturated rings. The highest BCUT2D eigenvalue weighted by molar-refractivity contribution is 5.75. The molecule has 0 bridgehead atoms. The summed E-state index contributed by atoms with van der Waals surface area (Å²) in [6, 6.07) is 24.1. The summed E-state index contributed by atoms with van der Waals surface area (Å²) in [5.74, 6) is 0.898. The van der Waals surface area contributed by atoms with Gasteiger partial charge in [-0.25, -0.2) is 0 Å². The average molecular weight is 373 g/mol. The van der Waals surface area contributed by atoms with Crippen LogP contribution in [0.4, 0.5) is 5.69 Å². The van der Waals surface area contributed by atoms with Crippen molar-refractivity contribution in [2.45, 2.75) is 25.8 Å². The van der Waals surface area contributed by atoms with Gasteiger partial charge in [-0.15, -0.1) is 0 Å². The van der Waals surface area contributed by atoms with Crippen LogP contribution in [0.15, 0.2) is 72.8 Å². The van der Waals surface area contributed by atoms with Gasteiger partial charge in [0.2, 0.25) is 0 Å². The first-order valence-corrected chi connectivity index (χ1v) is 9.48. The van der Waals surface area contributed by atoms with Crippen molar-refractivity contribution < 1.29 is 14.6 Å². The van der Waals surface area contributed by atoms with E-state index in [9.17, 15) is 4.79 Å². The monoisotopic (exact) mass is 373 g/mol. The Morgan fingerprint density at radius 1 is 1.04 bits per heavy atom. The maximum atomic E-state index is 11.0. The topological polar surface area (TPSA) is 58.6 Å². The van der Waals surface area contributed by atoms with Crippen molar-refractivity contribution in [3.8, 4) is 11.5 Å². The van der Waals surface area contributed by atoms with Crippen molar-refractivity contribution in [2.75, 3.05) is 5.32 Å². The molecule has 3 aromatic rings. The fraction of sp³-hybridized carbons (Fsp3) is 0.208. The number of benzene rings is 3. The van der Waals surface area contributed by atoms with Gasteiger partial charge < -0.3 is 15.2 Å². The molecule has 28 heavy (non-hydrogen) atoms. The molecule has 0 heterocycles. The maximum absolute atomic E-state index is 11.0. The molecule has 1 aliphatic rings. The van der Waals surface area contributed by atoms with E-state index in [2.05, 4.69) is 18.3 Å². The summed E-state index contributed by atoms with van der Waals surface area (Å²) < 4.78 is 5.93. The number of rotatable bonds is 7. The van der Waals surface area contributed by atoms with Crippen LogP contribution in [0, 0.1) is 12.8 Å². The zero-order valence-corrected chi connectivity index (χ0v) is 15.8. The first-order valence-electron chi connectivity index (χ1n) is 9.48. The van der Waals surface area contributed by atoms with Crippen LogP contribution >= 0.6 is 0 Å². The molecule has 4 heteroatoms. The SMILES string of the molecule is Cc1ccc(Oc2cccc(CNc3ccc(C4C[C@@H]4C(=O)O)cc3)c2)cc1. The molecule has 0 spiro atoms. The summed E-state index contributed by atoms with van der Waals surface area (Å²) in [6.45, 7) is 2.74. The molecule has 2 atom stereocenters. The zero-order chi connectivity index (χ0) is 19.5. The maximum Gasteiger partial charge on any atom is 0.307 e. The lowest BCUT2D eigenvalue weighted by Gasteiger charge is -2.10. The van der Waals surface area contributed by atoms with Crippen LogP contribution in [-0.4, -0.2) is 11.1 Å². The van der Waals surface area contributed by atoms with Crippen LogP contribution in [-0.2, 0) is 11.3 Å². The van der Waals surface area contributed by atoms with Crippen molar-refractivity contribution in [3.05, 3.63) is 89.5 Å². The van der Waals surface area contributed by atoms with Gasteiger partial charge in [0.1, 0.15) is 11.5 Å². The van der Waals surface area contributed by atoms with E-state index in [1.54, 1.807) is 0 Å². The minimum absolute atomic E-state index is 0.169. The quantitative estimate of drug-likeness (QED) is 0.567. The van der Waals surface area contributed by atoms with E-state index < -0.39 is 5.97 Å². The van der Waals surface area contributed by atoms with E-state index >= 15 is 0 Å². The number of aliphatic carboxylic acids is 1. The summed E-state index contributed by atoms with van der Waals surface area (Å²) in [7, 11) is 0. The van der Waals surface area contributed by atoms with E-state index in [0.29, 0.717) is 6.54 Å². The molecule has 4 nitrogen and oxygen atoms in total. The smallest absolute Gasteiger partial charge is 0.307 e. The lowest BCUT2D eigenvalue weighted by Crippen LogP contribution is -2.00. The van der Waals surface area contributed by atoms with E-state index in [1.165, 1.54) is 5.56 Å². The van der Waals surface area contributed by atoms with Gasteiger partial charge in [0.05, 0.1) is 5.92 Å². The summed E-state index contributed by atoms with van der Waals surface area (Å²) in [4.78, 5) is 11.0. The number of anilines is 1. The van der Waals surface area contributed by atoms with Gasteiger partial charge in [-0.1, -0.05) is 42.0 Å². The summed E-state index contributed by atoms with van der Waals surface area (Å²) in [5.41, 5.74) is 4.45. The van der Waals surface area contributed by atoms with Gasteiger partial charge in [-0.3, -0.25) is 4.79 Å². The molecule has 2 N–H and O–H groups in total. The first-order chi connectivity index (χ1) is 13.6. The summed E-state index contributed by atoms with van der Waals surface area (Å²) in [6.07, 6.45) is 0.746. The fourth-order valence-corrected chi connectivity index (χ4v) is 3.35. The zero-order valence-electron chi connectivity index (χ0n) is 15.8. The lowest BCUT2D eigenvalue weighted by molar-refractivity contribution is -0.138. The Kier molecular flexibility index (Phi) is 5.02. The van der Waals surface area contributed by atoms with Gasteiger partial charge in [0.25, 0.3) is 0 Å². The Hall–Kier alpha value is -3.27. The van der Waals surface area contributed by atoms with Crippen molar-refractivity contribution in [2.24, 2.45) is 5.92 Å². The number of hydrogen-bond donors (Lipinski definition) is 2. The highest BCUT2D eigenvalue weighted by Crippen LogP contribution is 2.47. The molecule has 1 aliphatic carbocycles. The number of hydrogen-bond acceptors (Lipinski definition) is 3. The first kappa shape index (κ1) is 18.1. The number of carboxylic acids is 1. The van der Waals surface area contributed by atoms with Crippen molar-refractivity contribution in [1.29, 1.82) is 0 Å². The predicted octanol–water partition coefficient (Wildman–Crippen LogP) is 5.59. The fourth-order valence-electron chi connectivity index (χ4n) is 3.35. The normalized spacial score (nSPS) is 17.8. The van der Waals surface area contributed by atoms with E-state index in [0.717, 1.165) is 34.7 Å². The molecule has 142 valence electrons. The number of nitrogens with one attached hydrogen (secondary N) is 1. The molecule has 0 saturated heterocycles. The van der Waals surface area contributed by atoms with Crippen molar-refractivity contribution in [3.63, 3.8) is 0 Å². The van der Waals surface area contributed by atoms with E-state index in [-0.39, 0.29) is 11.8 Å². The number of aryl methyl sites for hydroxylation is 1. The minimum Gasteiger partial charge on any atom is -0.481 e. The minimum atomic E-state index is -0.695. The molecule has 0 radical (unpaired) electrons. The Bertz CT molecular complexity index is 964. The molecule has 4 rings (SSSR count). The number of carboxylic acid groups (broad SMARTS) is 1. The molecule has 3 aromatic carbocycles. The number of carbonyl (C=O) groups is 1. The van der Waals surface area contributed by atoms with Crippen LogP contribution in [0.25, 0.3) is 0 Å². The van der Waals surface area contributed by atoms with Crippen LogP contribution in [0.5, 0.6) is 11.5 Å². The second-order valence-electron chi connectivity index (χ2n) is 7.33. The molecule has 0 amide bonds. The number of ether oxygens (including phenoxy) is 1. The Morgan fingerprint density at radius 3 is 2.46 bits per heavy atom. The van der Waals surface area contributed by atoms with Crippen LogP contribution in [0.2, 0.25) is 0 Å². The molecular weight excluding hydrogens is 350 g/mol.